The summed E-state index contributed by atoms with van der Waals surface area (Å²) in [5.41, 5.74) is -1.72. The van der Waals surface area contributed by atoms with Crippen molar-refractivity contribution in [3.8, 4) is 0 Å². The van der Waals surface area contributed by atoms with Gasteiger partial charge in [0.05, 0.1) is 18.0 Å². The number of nitro groups is 2. The van der Waals surface area contributed by atoms with Crippen molar-refractivity contribution < 1.29 is 19.4 Å². The monoisotopic (exact) mass is 425 g/mol. The van der Waals surface area contributed by atoms with Crippen molar-refractivity contribution in [2.75, 3.05) is 13.7 Å². The Morgan fingerprint density at radius 1 is 1.06 bits per heavy atom. The van der Waals surface area contributed by atoms with Gasteiger partial charge in [-0.1, -0.05) is 42.5 Å². The second-order valence-electron chi connectivity index (χ2n) is 8.24. The normalized spacial score (nSPS) is 30.0. The topological polar surface area (TPSA) is 116 Å². The third-order valence-corrected chi connectivity index (χ3v) is 7.03. The zero-order chi connectivity index (χ0) is 22.4. The number of nitrogens with zero attached hydrogens (tertiary/aromatic N) is 3. The summed E-state index contributed by atoms with van der Waals surface area (Å²) in [5, 5.41) is 23.8. The Labute approximate surface area is 178 Å². The van der Waals surface area contributed by atoms with E-state index in [1.165, 1.54) is 26.2 Å². The van der Waals surface area contributed by atoms with E-state index in [0.29, 0.717) is 24.9 Å². The SMILES string of the molecule is COC(=O)[C@]12CCCN1[C@@H](c1ccc([N+](=O)[O-])cc1)[C@H](c1ccccc1)[C@@]2(C)[N+](=O)[O-]. The second kappa shape index (κ2) is 7.42. The molecule has 0 radical (unpaired) electrons. The number of esters is 1. The number of carbonyl (C=O) groups is 1. The molecular weight excluding hydrogens is 402 g/mol. The van der Waals surface area contributed by atoms with E-state index in [9.17, 15) is 25.0 Å². The number of carbonyl (C=O) groups excluding carboxylic acids is 1. The van der Waals surface area contributed by atoms with Crippen LogP contribution in [0.3, 0.4) is 0 Å². The molecule has 0 aromatic heterocycles. The molecule has 0 amide bonds. The van der Waals surface area contributed by atoms with Gasteiger partial charge >= 0.3 is 5.97 Å². The zero-order valence-electron chi connectivity index (χ0n) is 17.3. The minimum atomic E-state index is -1.66. The molecule has 0 spiro atoms. The van der Waals surface area contributed by atoms with Crippen LogP contribution in [-0.2, 0) is 9.53 Å². The highest BCUT2D eigenvalue weighted by molar-refractivity contribution is 5.84. The molecule has 31 heavy (non-hydrogen) atoms. The molecule has 4 rings (SSSR count). The van der Waals surface area contributed by atoms with Crippen LogP contribution in [0.25, 0.3) is 0 Å². The van der Waals surface area contributed by atoms with Crippen LogP contribution in [0.5, 0.6) is 0 Å². The van der Waals surface area contributed by atoms with Crippen LogP contribution >= 0.6 is 0 Å². The average molecular weight is 425 g/mol. The minimum absolute atomic E-state index is 0.0595. The highest BCUT2D eigenvalue weighted by atomic mass is 16.6. The number of rotatable bonds is 5. The molecule has 2 saturated heterocycles. The maximum Gasteiger partial charge on any atom is 0.333 e. The lowest BCUT2D eigenvalue weighted by molar-refractivity contribution is -0.577. The summed E-state index contributed by atoms with van der Waals surface area (Å²) in [4.78, 5) is 38.0. The molecule has 0 unspecified atom stereocenters. The van der Waals surface area contributed by atoms with Crippen LogP contribution in [0.4, 0.5) is 5.69 Å². The summed E-state index contributed by atoms with van der Waals surface area (Å²) in [6.07, 6.45) is 0.924. The summed E-state index contributed by atoms with van der Waals surface area (Å²) in [7, 11) is 1.25. The fourth-order valence-corrected chi connectivity index (χ4v) is 5.70. The van der Waals surface area contributed by atoms with Gasteiger partial charge in [0.1, 0.15) is 0 Å². The number of fused-ring (bicyclic) bond motifs is 1. The molecule has 0 bridgehead atoms. The first-order valence-corrected chi connectivity index (χ1v) is 10.1. The van der Waals surface area contributed by atoms with Crippen molar-refractivity contribution in [1.29, 1.82) is 0 Å². The fraction of sp³-hybridized carbons (Fsp3) is 0.409. The molecule has 9 nitrogen and oxygen atoms in total. The minimum Gasteiger partial charge on any atom is -0.467 e. The molecule has 2 aromatic carbocycles. The first-order valence-electron chi connectivity index (χ1n) is 10.1. The third kappa shape index (κ3) is 2.76. The Kier molecular flexibility index (Phi) is 5.01. The van der Waals surface area contributed by atoms with Gasteiger partial charge in [0.2, 0.25) is 0 Å². The molecule has 0 N–H and O–H groups in total. The molecule has 162 valence electrons. The Balaban J connectivity index is 1.98. The number of hydrogen-bond donors (Lipinski definition) is 0. The maximum absolute atomic E-state index is 13.2. The molecular formula is C22H23N3O6. The van der Waals surface area contributed by atoms with E-state index in [1.54, 1.807) is 12.1 Å². The standard InChI is InChI=1S/C22H23N3O6/c1-21(25(29)30)18(15-7-4-3-5-8-15)19(16-9-11-17(12-10-16)24(27)28)23-14-6-13-22(21,23)20(26)31-2/h3-5,7-12,18-19H,6,13-14H2,1-2H3/t18-,19-,21+,22-/m0/s1. The van der Waals surface area contributed by atoms with Crippen molar-refractivity contribution in [1.82, 2.24) is 4.90 Å². The lowest BCUT2D eigenvalue weighted by atomic mass is 9.68. The molecule has 2 heterocycles. The second-order valence-corrected chi connectivity index (χ2v) is 8.24. The van der Waals surface area contributed by atoms with Gasteiger partial charge in [0.15, 0.2) is 5.54 Å². The van der Waals surface area contributed by atoms with E-state index < -0.39 is 33.9 Å². The van der Waals surface area contributed by atoms with Crippen LogP contribution in [0.2, 0.25) is 0 Å². The van der Waals surface area contributed by atoms with Gasteiger partial charge in [0, 0.05) is 36.6 Å². The summed E-state index contributed by atoms with van der Waals surface area (Å²) in [5.74, 6) is -1.28. The van der Waals surface area contributed by atoms with Crippen LogP contribution in [-0.4, -0.2) is 45.4 Å². The number of hydrogen-bond acceptors (Lipinski definition) is 7. The summed E-state index contributed by atoms with van der Waals surface area (Å²) < 4.78 is 5.13. The number of nitro benzene ring substituents is 1. The smallest absolute Gasteiger partial charge is 0.333 e. The fourth-order valence-electron chi connectivity index (χ4n) is 5.70. The quantitative estimate of drug-likeness (QED) is 0.409. The first-order chi connectivity index (χ1) is 14.8. The molecule has 0 saturated carbocycles. The van der Waals surface area contributed by atoms with Crippen LogP contribution in [0.1, 0.15) is 42.9 Å². The molecule has 4 atom stereocenters. The van der Waals surface area contributed by atoms with E-state index in [4.69, 9.17) is 4.74 Å². The average Bonchev–Trinajstić information content (AvgIpc) is 3.31. The van der Waals surface area contributed by atoms with E-state index in [1.807, 2.05) is 35.2 Å². The predicted molar refractivity (Wildman–Crippen MR) is 111 cm³/mol. The third-order valence-electron chi connectivity index (χ3n) is 7.03. The first kappa shape index (κ1) is 20.9. The molecule has 2 aromatic rings. The van der Waals surface area contributed by atoms with Gasteiger partial charge in [-0.3, -0.25) is 25.1 Å². The van der Waals surface area contributed by atoms with Crippen molar-refractivity contribution in [3.05, 3.63) is 86.0 Å². The van der Waals surface area contributed by atoms with Crippen molar-refractivity contribution >= 4 is 11.7 Å². The van der Waals surface area contributed by atoms with Gasteiger partial charge in [-0.2, -0.15) is 0 Å². The van der Waals surface area contributed by atoms with Crippen LogP contribution in [0.15, 0.2) is 54.6 Å². The van der Waals surface area contributed by atoms with E-state index in [0.717, 1.165) is 5.56 Å². The lowest BCUT2D eigenvalue weighted by Gasteiger charge is -2.36. The van der Waals surface area contributed by atoms with Gasteiger partial charge < -0.3 is 4.74 Å². The van der Waals surface area contributed by atoms with E-state index in [-0.39, 0.29) is 10.6 Å². The Morgan fingerprint density at radius 2 is 1.71 bits per heavy atom. The number of ether oxygens (including phenoxy) is 1. The van der Waals surface area contributed by atoms with Crippen molar-refractivity contribution in [3.63, 3.8) is 0 Å². The summed E-state index contributed by atoms with van der Waals surface area (Å²) in [6, 6.07) is 14.7. The van der Waals surface area contributed by atoms with Gasteiger partial charge in [0.25, 0.3) is 11.2 Å². The van der Waals surface area contributed by atoms with Gasteiger partial charge in [-0.25, -0.2) is 4.79 Å². The van der Waals surface area contributed by atoms with E-state index in [2.05, 4.69) is 0 Å². The zero-order valence-corrected chi connectivity index (χ0v) is 17.3. The summed E-state index contributed by atoms with van der Waals surface area (Å²) >= 11 is 0. The largest absolute Gasteiger partial charge is 0.467 e. The Morgan fingerprint density at radius 3 is 2.26 bits per heavy atom. The van der Waals surface area contributed by atoms with Gasteiger partial charge in [-0.05, 0) is 24.0 Å². The highest BCUT2D eigenvalue weighted by Gasteiger charge is 2.79. The van der Waals surface area contributed by atoms with Crippen LogP contribution in [0, 0.1) is 20.2 Å². The molecule has 0 aliphatic carbocycles. The summed E-state index contributed by atoms with van der Waals surface area (Å²) in [6.45, 7) is 2.02. The Hall–Kier alpha value is -3.33. The van der Waals surface area contributed by atoms with Crippen molar-refractivity contribution in [2.24, 2.45) is 0 Å². The molecule has 2 aliphatic rings. The number of non-ortho nitro benzene ring substituents is 1. The van der Waals surface area contributed by atoms with Crippen LogP contribution < -0.4 is 0 Å². The molecule has 2 aliphatic heterocycles. The maximum atomic E-state index is 13.2. The lowest BCUT2D eigenvalue weighted by Crippen LogP contribution is -2.64. The highest BCUT2D eigenvalue weighted by Crippen LogP contribution is 2.62. The molecule has 9 heteroatoms. The van der Waals surface area contributed by atoms with Gasteiger partial charge in [-0.15, -0.1) is 0 Å². The predicted octanol–water partition coefficient (Wildman–Crippen LogP) is 3.48. The molecule has 2 fully saturated rings. The van der Waals surface area contributed by atoms with Crippen molar-refractivity contribution in [2.45, 2.75) is 42.8 Å². The number of methoxy groups -OCH3 is 1. The Bertz CT molecular complexity index is 1030. The number of benzene rings is 2. The van der Waals surface area contributed by atoms with E-state index >= 15 is 0 Å².